The molecule has 0 atom stereocenters. The molecule has 0 aliphatic carbocycles. The van der Waals surface area contributed by atoms with Crippen LogP contribution in [0.15, 0.2) is 24.3 Å². The molecule has 0 aliphatic heterocycles. The molecule has 0 radical (unpaired) electrons. The minimum atomic E-state index is -5.45. The van der Waals surface area contributed by atoms with Crippen LogP contribution in [0.4, 0.5) is 84.2 Å². The number of benzene rings is 4. The monoisotopic (exact) mass is 694 g/mol. The summed E-state index contributed by atoms with van der Waals surface area (Å²) in [5.74, 6) is -15.7. The predicted octanol–water partition coefficient (Wildman–Crippen LogP) is 7.98. The molecule has 4 aromatic rings. The zero-order valence-electron chi connectivity index (χ0n) is 23.4. The summed E-state index contributed by atoms with van der Waals surface area (Å²) in [4.78, 5) is 0. The first-order valence-corrected chi connectivity index (χ1v) is 12.1. The first kappa shape index (κ1) is 38.2. The Labute approximate surface area is 254 Å². The summed E-state index contributed by atoms with van der Waals surface area (Å²) < 4.78 is 185. The summed E-state index contributed by atoms with van der Waals surface area (Å²) in [6.07, 6.45) is -10.9. The van der Waals surface area contributed by atoms with Crippen molar-refractivity contribution in [3.8, 4) is 22.3 Å². The Kier molecular flexibility index (Phi) is 10.6. The summed E-state index contributed by atoms with van der Waals surface area (Å²) in [7, 11) is 0. The van der Waals surface area contributed by atoms with E-state index in [9.17, 15) is 61.5 Å². The molecule has 0 aliphatic rings. The smallest absolute Gasteiger partial charge is 0.412 e. The third-order valence-electron chi connectivity index (χ3n) is 6.68. The third kappa shape index (κ3) is 6.93. The minimum absolute atomic E-state index is 0. The number of nitrogens with two attached hydrogens (primary N) is 4. The molecule has 256 valence electrons. The van der Waals surface area contributed by atoms with Gasteiger partial charge in [-0.1, -0.05) is 0 Å². The molecule has 0 unspecified atom stereocenters. The fourth-order valence-electron chi connectivity index (χ4n) is 4.08. The van der Waals surface area contributed by atoms with E-state index in [-0.39, 0.29) is 40.1 Å². The maximum absolute atomic E-state index is 14.1. The molecule has 10 N–H and O–H groups in total. The van der Waals surface area contributed by atoms with Crippen LogP contribution in [0.1, 0.15) is 22.3 Å². The van der Waals surface area contributed by atoms with E-state index in [1.165, 1.54) is 13.8 Å². The molecular weight excluding hydrogens is 674 g/mol. The average Bonchev–Trinajstić information content (AvgIpc) is 2.93. The summed E-state index contributed by atoms with van der Waals surface area (Å²) in [5, 5.41) is 0. The zero-order chi connectivity index (χ0) is 35.4. The van der Waals surface area contributed by atoms with Gasteiger partial charge in [-0.15, -0.1) is 0 Å². The highest BCUT2D eigenvalue weighted by Crippen LogP contribution is 2.42. The quantitative estimate of drug-likeness (QED) is 0.0962. The van der Waals surface area contributed by atoms with E-state index in [2.05, 4.69) is 0 Å². The molecule has 4 aromatic carbocycles. The fraction of sp³-hybridized carbons (Fsp3) is 0.143. The second kappa shape index (κ2) is 13.0. The van der Waals surface area contributed by atoms with Gasteiger partial charge in [0.2, 0.25) is 0 Å². The van der Waals surface area contributed by atoms with Crippen molar-refractivity contribution in [3.05, 3.63) is 93.1 Å². The number of hydrogen-bond donors (Lipinski definition) is 4. The molecule has 0 aromatic heterocycles. The fourth-order valence-corrected chi connectivity index (χ4v) is 4.08. The van der Waals surface area contributed by atoms with Crippen molar-refractivity contribution in [1.82, 2.24) is 0 Å². The van der Waals surface area contributed by atoms with E-state index in [0.29, 0.717) is 0 Å². The van der Waals surface area contributed by atoms with Gasteiger partial charge in [0.1, 0.15) is 22.8 Å². The topological polar surface area (TPSA) is 136 Å². The van der Waals surface area contributed by atoms with Crippen LogP contribution in [0.5, 0.6) is 0 Å². The molecule has 4 rings (SSSR count). The average molecular weight is 694 g/mol. The molecule has 0 spiro atoms. The van der Waals surface area contributed by atoms with Gasteiger partial charge in [-0.2, -0.15) is 26.3 Å². The number of alkyl halides is 6. The predicted molar refractivity (Wildman–Crippen MR) is 144 cm³/mol. The first-order chi connectivity index (χ1) is 20.9. The van der Waals surface area contributed by atoms with Crippen molar-refractivity contribution in [2.75, 3.05) is 22.9 Å². The van der Waals surface area contributed by atoms with E-state index in [1.54, 1.807) is 0 Å². The summed E-state index contributed by atoms with van der Waals surface area (Å²) >= 11 is 0. The molecule has 19 heteroatoms. The van der Waals surface area contributed by atoms with Gasteiger partial charge in [-0.25, -0.2) is 35.1 Å². The molecule has 47 heavy (non-hydrogen) atoms. The lowest BCUT2D eigenvalue weighted by molar-refractivity contribution is -0.143. The molecule has 0 saturated heterocycles. The van der Waals surface area contributed by atoms with Crippen molar-refractivity contribution < 1.29 is 66.9 Å². The number of anilines is 4. The van der Waals surface area contributed by atoms with Gasteiger partial charge in [0, 0.05) is 33.6 Å². The molecule has 0 amide bonds. The van der Waals surface area contributed by atoms with Crippen molar-refractivity contribution in [2.24, 2.45) is 0 Å². The largest absolute Gasteiger partial charge is 0.422 e. The van der Waals surface area contributed by atoms with Gasteiger partial charge >= 0.3 is 12.4 Å². The van der Waals surface area contributed by atoms with Crippen LogP contribution >= 0.6 is 0 Å². The van der Waals surface area contributed by atoms with Gasteiger partial charge in [0.25, 0.3) is 0 Å². The van der Waals surface area contributed by atoms with Gasteiger partial charge in [-0.3, -0.25) is 0 Å². The Morgan fingerprint density at radius 2 is 0.681 bits per heavy atom. The van der Waals surface area contributed by atoms with Crippen molar-refractivity contribution in [2.45, 2.75) is 26.2 Å². The molecule has 0 saturated carbocycles. The van der Waals surface area contributed by atoms with Crippen molar-refractivity contribution >= 4 is 22.7 Å². The number of rotatable bonds is 2. The Bertz CT molecular complexity index is 1740. The second-order valence-corrected chi connectivity index (χ2v) is 9.55. The molecule has 0 fully saturated rings. The van der Waals surface area contributed by atoms with Crippen LogP contribution < -0.4 is 22.9 Å². The maximum Gasteiger partial charge on any atom is 0.422 e. The highest BCUT2D eigenvalue weighted by atomic mass is 19.4. The molecular formula is C28H20F14N4O. The number of halogens is 14. The van der Waals surface area contributed by atoms with E-state index in [1.807, 2.05) is 0 Å². The van der Waals surface area contributed by atoms with Gasteiger partial charge in [-0.05, 0) is 49.2 Å². The van der Waals surface area contributed by atoms with E-state index >= 15 is 0 Å². The van der Waals surface area contributed by atoms with E-state index in [0.717, 1.165) is 12.1 Å². The Balaban J connectivity index is 0.000000320. The Morgan fingerprint density at radius 3 is 0.936 bits per heavy atom. The zero-order valence-corrected chi connectivity index (χ0v) is 23.4. The van der Waals surface area contributed by atoms with Crippen molar-refractivity contribution in [3.63, 3.8) is 0 Å². The Morgan fingerprint density at radius 1 is 0.426 bits per heavy atom. The molecule has 0 heterocycles. The van der Waals surface area contributed by atoms with Gasteiger partial charge in [0.15, 0.2) is 34.9 Å². The van der Waals surface area contributed by atoms with Gasteiger partial charge in [0.05, 0.1) is 11.4 Å². The van der Waals surface area contributed by atoms with Crippen LogP contribution in [0.25, 0.3) is 22.3 Å². The van der Waals surface area contributed by atoms with Crippen LogP contribution in [-0.2, 0) is 12.4 Å². The van der Waals surface area contributed by atoms with Gasteiger partial charge < -0.3 is 28.4 Å². The highest BCUT2D eigenvalue weighted by Gasteiger charge is 2.41. The highest BCUT2D eigenvalue weighted by molar-refractivity contribution is 5.78. The number of nitrogen functional groups attached to an aromatic ring is 4. The van der Waals surface area contributed by atoms with Crippen molar-refractivity contribution in [1.29, 1.82) is 0 Å². The normalized spacial score (nSPS) is 11.6. The van der Waals surface area contributed by atoms with Crippen LogP contribution in [0, 0.1) is 60.4 Å². The lowest BCUT2D eigenvalue weighted by Gasteiger charge is -2.15. The third-order valence-corrected chi connectivity index (χ3v) is 6.68. The minimum Gasteiger partial charge on any atom is -0.412 e. The lowest BCUT2D eigenvalue weighted by Crippen LogP contribution is -2.14. The molecule has 5 nitrogen and oxygen atoms in total. The van der Waals surface area contributed by atoms with Crippen LogP contribution in [-0.4, -0.2) is 5.48 Å². The summed E-state index contributed by atoms with van der Waals surface area (Å²) in [6.45, 7) is 2.70. The lowest BCUT2D eigenvalue weighted by atomic mass is 9.98. The second-order valence-electron chi connectivity index (χ2n) is 9.55. The standard InChI is InChI=1S/2C14H9F7N2.H2O/c2*1-4-8(22)3-6(11(17)13(4)23)5-2-7(15)9(14(19,20)21)12(18)10(5)16;/h2*2-3H,22-23H2,1H3;1H2. The molecule has 0 bridgehead atoms. The summed E-state index contributed by atoms with van der Waals surface area (Å²) in [5.41, 5.74) is 12.5. The Hall–Kier alpha value is -4.94. The number of hydrogen-bond acceptors (Lipinski definition) is 4. The SMILES string of the molecule is Cc1c(N)cc(-c2cc(F)c(C(F)(F)F)c(F)c2F)c(F)c1N.Cc1c(N)cc(-c2cc(F)c(C(F)(F)F)c(F)c2F)c(F)c1N.O. The van der Waals surface area contributed by atoms with Crippen LogP contribution in [0.3, 0.4) is 0 Å². The van der Waals surface area contributed by atoms with Crippen LogP contribution in [0.2, 0.25) is 0 Å². The summed E-state index contributed by atoms with van der Waals surface area (Å²) in [6, 6.07) is 1.78. The first-order valence-electron chi connectivity index (χ1n) is 12.1. The maximum atomic E-state index is 14.1. The van der Waals surface area contributed by atoms with E-state index < -0.39 is 104 Å². The van der Waals surface area contributed by atoms with E-state index in [4.69, 9.17) is 22.9 Å².